The van der Waals surface area contributed by atoms with Crippen molar-refractivity contribution in [3.63, 3.8) is 0 Å². The van der Waals surface area contributed by atoms with Crippen molar-refractivity contribution >= 4 is 15.9 Å². The average molecular weight is 350 g/mol. The number of rotatable bonds is 8. The average Bonchev–Trinajstić information content (AvgIpc) is 2.98. The summed E-state index contributed by atoms with van der Waals surface area (Å²) in [7, 11) is -3.38. The van der Waals surface area contributed by atoms with E-state index >= 15 is 0 Å². The van der Waals surface area contributed by atoms with E-state index in [9.17, 15) is 13.2 Å². The minimum absolute atomic E-state index is 0.132. The molecule has 2 rings (SSSR count). The maximum absolute atomic E-state index is 12.0. The van der Waals surface area contributed by atoms with Gasteiger partial charge in [-0.2, -0.15) is 4.31 Å². The maximum atomic E-state index is 12.0. The fourth-order valence-electron chi connectivity index (χ4n) is 2.33. The van der Waals surface area contributed by atoms with Gasteiger partial charge in [-0.05, 0) is 24.6 Å². The van der Waals surface area contributed by atoms with Crippen molar-refractivity contribution in [2.24, 2.45) is 0 Å². The Morgan fingerprint density at radius 3 is 2.67 bits per heavy atom. The number of furan rings is 1. The first kappa shape index (κ1) is 18.2. The lowest BCUT2D eigenvalue weighted by Crippen LogP contribution is -2.38. The molecule has 0 unspecified atom stereocenters. The van der Waals surface area contributed by atoms with E-state index in [1.807, 2.05) is 31.2 Å². The Morgan fingerprint density at radius 2 is 2.04 bits per heavy atom. The molecule has 1 N–H and O–H groups in total. The van der Waals surface area contributed by atoms with Crippen molar-refractivity contribution in [1.29, 1.82) is 0 Å². The molecule has 7 heteroatoms. The molecule has 6 nitrogen and oxygen atoms in total. The van der Waals surface area contributed by atoms with Gasteiger partial charge in [-0.15, -0.1) is 0 Å². The van der Waals surface area contributed by atoms with Crippen molar-refractivity contribution in [2.75, 3.05) is 19.3 Å². The van der Waals surface area contributed by atoms with Gasteiger partial charge in [0.05, 0.1) is 25.5 Å². The molecule has 1 aromatic carbocycles. The van der Waals surface area contributed by atoms with E-state index in [2.05, 4.69) is 5.32 Å². The van der Waals surface area contributed by atoms with Crippen LogP contribution >= 0.6 is 0 Å². The highest BCUT2D eigenvalue weighted by molar-refractivity contribution is 7.88. The fraction of sp³-hybridized carbons (Fsp3) is 0.353. The van der Waals surface area contributed by atoms with E-state index in [1.165, 1.54) is 10.6 Å². The molecule has 0 atom stereocenters. The number of carbonyl (C=O) groups excluding carboxylic acids is 1. The third kappa shape index (κ3) is 5.82. The molecule has 0 saturated heterocycles. The largest absolute Gasteiger partial charge is 0.468 e. The molecule has 0 aliphatic heterocycles. The lowest BCUT2D eigenvalue weighted by atomic mass is 10.1. The first-order chi connectivity index (χ1) is 11.3. The molecule has 1 amide bonds. The number of nitrogens with one attached hydrogen (secondary N) is 1. The molecule has 0 radical (unpaired) electrons. The summed E-state index contributed by atoms with van der Waals surface area (Å²) in [5, 5.41) is 2.76. The molecule has 130 valence electrons. The van der Waals surface area contributed by atoms with Crippen molar-refractivity contribution < 1.29 is 17.6 Å². The summed E-state index contributed by atoms with van der Waals surface area (Å²) in [5.41, 5.74) is 2.03. The highest BCUT2D eigenvalue weighted by Gasteiger charge is 2.18. The molecular formula is C17H22N2O4S. The normalized spacial score (nSPS) is 11.6. The van der Waals surface area contributed by atoms with Gasteiger partial charge in [0, 0.05) is 13.1 Å². The molecular weight excluding hydrogens is 328 g/mol. The van der Waals surface area contributed by atoms with Gasteiger partial charge in [0.25, 0.3) is 0 Å². The maximum Gasteiger partial charge on any atom is 0.224 e. The third-order valence-corrected chi connectivity index (χ3v) is 4.76. The number of nitrogens with zero attached hydrogens (tertiary/aromatic N) is 1. The first-order valence-electron chi connectivity index (χ1n) is 7.64. The molecule has 0 saturated carbocycles. The van der Waals surface area contributed by atoms with Crippen LogP contribution in [0.15, 0.2) is 47.1 Å². The predicted molar refractivity (Wildman–Crippen MR) is 91.9 cm³/mol. The number of sulfonamides is 1. The van der Waals surface area contributed by atoms with Crippen LogP contribution in [0, 0.1) is 6.92 Å². The third-order valence-electron chi connectivity index (χ3n) is 3.51. The number of aryl methyl sites for hydroxylation is 1. The Labute approximate surface area is 142 Å². The van der Waals surface area contributed by atoms with E-state index in [4.69, 9.17) is 4.42 Å². The number of hydrogen-bond acceptors (Lipinski definition) is 4. The number of carbonyl (C=O) groups is 1. The van der Waals surface area contributed by atoms with Crippen LogP contribution in [-0.4, -0.2) is 38.0 Å². The summed E-state index contributed by atoms with van der Waals surface area (Å²) in [6, 6.07) is 11.2. The summed E-state index contributed by atoms with van der Waals surface area (Å²) >= 11 is 0. The summed E-state index contributed by atoms with van der Waals surface area (Å²) in [5.74, 6) is 0.429. The zero-order chi connectivity index (χ0) is 17.6. The smallest absolute Gasteiger partial charge is 0.224 e. The van der Waals surface area contributed by atoms with E-state index < -0.39 is 10.0 Å². The van der Waals surface area contributed by atoms with E-state index in [1.54, 1.807) is 12.1 Å². The van der Waals surface area contributed by atoms with Gasteiger partial charge < -0.3 is 9.73 Å². The Morgan fingerprint density at radius 1 is 1.25 bits per heavy atom. The van der Waals surface area contributed by atoms with Crippen molar-refractivity contribution in [3.05, 3.63) is 59.5 Å². The van der Waals surface area contributed by atoms with Gasteiger partial charge in [-0.3, -0.25) is 4.79 Å². The quantitative estimate of drug-likeness (QED) is 0.786. The van der Waals surface area contributed by atoms with E-state index in [0.717, 1.165) is 17.4 Å². The van der Waals surface area contributed by atoms with E-state index in [0.29, 0.717) is 5.76 Å². The van der Waals surface area contributed by atoms with Crippen molar-refractivity contribution in [1.82, 2.24) is 9.62 Å². The van der Waals surface area contributed by atoms with Crippen LogP contribution in [0.1, 0.15) is 16.9 Å². The topological polar surface area (TPSA) is 79.6 Å². The van der Waals surface area contributed by atoms with Crippen LogP contribution in [0.2, 0.25) is 0 Å². The Hall–Kier alpha value is -2.12. The highest BCUT2D eigenvalue weighted by atomic mass is 32.2. The minimum Gasteiger partial charge on any atom is -0.468 e. The molecule has 2 aromatic rings. The predicted octanol–water partition coefficient (Wildman–Crippen LogP) is 1.71. The van der Waals surface area contributed by atoms with Gasteiger partial charge in [-0.1, -0.05) is 29.8 Å². The minimum atomic E-state index is -3.38. The van der Waals surface area contributed by atoms with E-state index in [-0.39, 0.29) is 32.0 Å². The second kappa shape index (κ2) is 8.12. The number of hydrogen-bond donors (Lipinski definition) is 1. The fourth-order valence-corrected chi connectivity index (χ4v) is 3.11. The first-order valence-corrected chi connectivity index (χ1v) is 9.49. The lowest BCUT2D eigenvalue weighted by Gasteiger charge is -2.19. The molecule has 0 aliphatic rings. The van der Waals surface area contributed by atoms with Crippen LogP contribution < -0.4 is 5.32 Å². The van der Waals surface area contributed by atoms with Crippen LogP contribution in [0.25, 0.3) is 0 Å². The molecule has 0 aliphatic carbocycles. The second-order valence-electron chi connectivity index (χ2n) is 5.69. The van der Waals surface area contributed by atoms with Crippen LogP contribution in [-0.2, 0) is 27.8 Å². The Kier molecular flexibility index (Phi) is 6.16. The monoisotopic (exact) mass is 350 g/mol. The molecule has 1 heterocycles. The van der Waals surface area contributed by atoms with Gasteiger partial charge in [0.2, 0.25) is 15.9 Å². The SMILES string of the molecule is Cc1cccc(CC(=O)NCCN(Cc2ccco2)S(C)(=O)=O)c1. The molecule has 24 heavy (non-hydrogen) atoms. The highest BCUT2D eigenvalue weighted by Crippen LogP contribution is 2.08. The van der Waals surface area contributed by atoms with Crippen LogP contribution in [0.4, 0.5) is 0 Å². The zero-order valence-electron chi connectivity index (χ0n) is 13.9. The Balaban J connectivity index is 1.84. The number of amides is 1. The lowest BCUT2D eigenvalue weighted by molar-refractivity contribution is -0.120. The second-order valence-corrected chi connectivity index (χ2v) is 7.67. The zero-order valence-corrected chi connectivity index (χ0v) is 14.7. The molecule has 0 bridgehead atoms. The van der Waals surface area contributed by atoms with Gasteiger partial charge >= 0.3 is 0 Å². The van der Waals surface area contributed by atoms with Crippen LogP contribution in [0.5, 0.6) is 0 Å². The summed E-state index contributed by atoms with van der Waals surface area (Å²) in [6.07, 6.45) is 2.92. The van der Waals surface area contributed by atoms with Gasteiger partial charge in [0.15, 0.2) is 0 Å². The van der Waals surface area contributed by atoms with Crippen molar-refractivity contribution in [3.8, 4) is 0 Å². The summed E-state index contributed by atoms with van der Waals surface area (Å²) < 4.78 is 30.1. The molecule has 0 fully saturated rings. The molecule has 0 spiro atoms. The Bertz CT molecular complexity index is 770. The summed E-state index contributed by atoms with van der Waals surface area (Å²) in [6.45, 7) is 2.57. The summed E-state index contributed by atoms with van der Waals surface area (Å²) in [4.78, 5) is 12.0. The van der Waals surface area contributed by atoms with Gasteiger partial charge in [-0.25, -0.2) is 8.42 Å². The molecule has 1 aromatic heterocycles. The van der Waals surface area contributed by atoms with Crippen molar-refractivity contribution in [2.45, 2.75) is 19.9 Å². The van der Waals surface area contributed by atoms with Gasteiger partial charge in [0.1, 0.15) is 5.76 Å². The standard InChI is InChI=1S/C17H22N2O4S/c1-14-5-3-6-15(11-14)12-17(20)18-8-9-19(24(2,21)22)13-16-7-4-10-23-16/h3-7,10-11H,8-9,12-13H2,1-2H3,(H,18,20). The van der Waals surface area contributed by atoms with Crippen LogP contribution in [0.3, 0.4) is 0 Å². The number of benzene rings is 1.